The monoisotopic (exact) mass is 768 g/mol. The zero-order valence-electron chi connectivity index (χ0n) is 31.8. The smallest absolute Gasteiger partial charge is 0.324 e. The predicted molar refractivity (Wildman–Crippen MR) is 214 cm³/mol. The SMILES string of the molecule is CC[C@H](c1ccccc1)N1Cc2cc3c(cc2CC1C(=O)O[C@@H]1C[C@H](C)CC[C@H]1C(C)C)N(C)C(=O)[C@@H](c1ccc(OCc2ccc(Cl)c(Cl)c2)cc1)O3. The van der Waals surface area contributed by atoms with Crippen LogP contribution in [0.25, 0.3) is 0 Å². The summed E-state index contributed by atoms with van der Waals surface area (Å²) in [4.78, 5) is 32.2. The van der Waals surface area contributed by atoms with Crippen molar-refractivity contribution in [3.05, 3.63) is 123 Å². The molecule has 1 amide bonds. The number of halogens is 2. The molecule has 1 unspecified atom stereocenters. The highest BCUT2D eigenvalue weighted by Crippen LogP contribution is 2.44. The van der Waals surface area contributed by atoms with Crippen LogP contribution in [-0.4, -0.2) is 36.0 Å². The Morgan fingerprint density at radius 1 is 0.944 bits per heavy atom. The fraction of sp³-hybridized carbons (Fsp3) is 0.422. The van der Waals surface area contributed by atoms with Gasteiger partial charge in [-0.15, -0.1) is 0 Å². The van der Waals surface area contributed by atoms with Gasteiger partial charge in [0.25, 0.3) is 5.91 Å². The zero-order valence-corrected chi connectivity index (χ0v) is 33.3. The van der Waals surface area contributed by atoms with E-state index in [0.717, 1.165) is 41.5 Å². The molecule has 1 fully saturated rings. The largest absolute Gasteiger partial charge is 0.489 e. The number of rotatable bonds is 10. The molecule has 4 aromatic carbocycles. The summed E-state index contributed by atoms with van der Waals surface area (Å²) < 4.78 is 19.0. The minimum Gasteiger partial charge on any atom is -0.489 e. The maximum Gasteiger partial charge on any atom is 0.324 e. The number of esters is 1. The minimum absolute atomic E-state index is 0.0226. The first-order valence-electron chi connectivity index (χ1n) is 19.3. The van der Waals surface area contributed by atoms with E-state index in [4.69, 9.17) is 37.4 Å². The maximum atomic E-state index is 14.4. The highest BCUT2D eigenvalue weighted by molar-refractivity contribution is 6.42. The third-order valence-corrected chi connectivity index (χ3v) is 12.4. The van der Waals surface area contributed by atoms with Crippen molar-refractivity contribution >= 4 is 40.8 Å². The topological polar surface area (TPSA) is 68.3 Å². The number of benzene rings is 4. The molecule has 2 heterocycles. The molecule has 0 N–H and O–H groups in total. The van der Waals surface area contributed by atoms with Crippen LogP contribution >= 0.6 is 23.2 Å². The van der Waals surface area contributed by atoms with Gasteiger partial charge in [0, 0.05) is 25.2 Å². The number of fused-ring (bicyclic) bond motifs is 2. The summed E-state index contributed by atoms with van der Waals surface area (Å²) in [5.41, 5.74) is 5.64. The molecule has 0 saturated heterocycles. The van der Waals surface area contributed by atoms with E-state index in [9.17, 15) is 9.59 Å². The fourth-order valence-electron chi connectivity index (χ4n) is 8.56. The fourth-order valence-corrected chi connectivity index (χ4v) is 8.88. The lowest BCUT2D eigenvalue weighted by Gasteiger charge is -2.43. The molecule has 0 bridgehead atoms. The van der Waals surface area contributed by atoms with Crippen LogP contribution in [0.3, 0.4) is 0 Å². The molecule has 1 aliphatic carbocycles. The van der Waals surface area contributed by atoms with Gasteiger partial charge in [-0.05, 0) is 102 Å². The van der Waals surface area contributed by atoms with Crippen molar-refractivity contribution in [1.29, 1.82) is 0 Å². The molecule has 2 aliphatic heterocycles. The molecule has 54 heavy (non-hydrogen) atoms. The number of carbonyl (C=O) groups excluding carboxylic acids is 2. The van der Waals surface area contributed by atoms with Crippen molar-refractivity contribution in [2.45, 2.75) is 97.2 Å². The Morgan fingerprint density at radius 3 is 2.41 bits per heavy atom. The number of hydrogen-bond acceptors (Lipinski definition) is 6. The maximum absolute atomic E-state index is 14.4. The van der Waals surface area contributed by atoms with Gasteiger partial charge in [0.1, 0.15) is 30.3 Å². The van der Waals surface area contributed by atoms with Crippen molar-refractivity contribution in [1.82, 2.24) is 4.90 Å². The molecular weight excluding hydrogens is 719 g/mol. The average Bonchev–Trinajstić information content (AvgIpc) is 3.16. The van der Waals surface area contributed by atoms with Gasteiger partial charge in [-0.25, -0.2) is 0 Å². The highest BCUT2D eigenvalue weighted by Gasteiger charge is 2.42. The molecule has 0 aromatic heterocycles. The summed E-state index contributed by atoms with van der Waals surface area (Å²) >= 11 is 12.2. The lowest BCUT2D eigenvalue weighted by Crippen LogP contribution is -2.50. The molecule has 1 saturated carbocycles. The van der Waals surface area contributed by atoms with Gasteiger partial charge in [-0.2, -0.15) is 0 Å². The molecule has 0 spiro atoms. The van der Waals surface area contributed by atoms with Crippen LogP contribution in [0, 0.1) is 17.8 Å². The first-order chi connectivity index (χ1) is 26.0. The van der Waals surface area contributed by atoms with Crippen molar-refractivity contribution in [2.24, 2.45) is 17.8 Å². The lowest BCUT2D eigenvalue weighted by atomic mass is 9.75. The van der Waals surface area contributed by atoms with Crippen molar-refractivity contribution < 1.29 is 23.8 Å². The summed E-state index contributed by atoms with van der Waals surface area (Å²) in [5.74, 6) is 2.32. The van der Waals surface area contributed by atoms with Crippen molar-refractivity contribution in [3.63, 3.8) is 0 Å². The van der Waals surface area contributed by atoms with Gasteiger partial charge in [-0.3, -0.25) is 14.5 Å². The Balaban J connectivity index is 1.14. The first-order valence-corrected chi connectivity index (χ1v) is 20.0. The Hall–Kier alpha value is -4.04. The number of amides is 1. The second kappa shape index (κ2) is 16.4. The molecule has 0 radical (unpaired) electrons. The van der Waals surface area contributed by atoms with E-state index in [0.29, 0.717) is 64.6 Å². The standard InChI is InChI=1S/C45H50Cl2N2O5/c1-6-38(30-10-8-7-9-11-30)49-25-33-24-42-39(22-32(33)23-40(49)45(51)54-41-20-28(4)12-18-35(41)27(2)3)48(5)44(50)43(53-42)31-14-16-34(17-15-31)52-26-29-13-19-36(46)37(47)21-29/h7-11,13-17,19,21-22,24,27-28,35,38,40-41,43H,6,12,18,20,23,25-26H2,1-5H3/t28-,35+,38-,40?,41-,43-/m1/s1. The second-order valence-electron chi connectivity index (χ2n) is 15.6. The molecule has 7 nitrogen and oxygen atoms in total. The van der Waals surface area contributed by atoms with Gasteiger partial charge in [0.2, 0.25) is 6.10 Å². The van der Waals surface area contributed by atoms with Crippen LogP contribution in [-0.2, 0) is 33.9 Å². The molecule has 6 atom stereocenters. The van der Waals surface area contributed by atoms with Crippen molar-refractivity contribution in [2.75, 3.05) is 11.9 Å². The summed E-state index contributed by atoms with van der Waals surface area (Å²) in [6, 6.07) is 26.9. The Kier molecular flexibility index (Phi) is 11.6. The summed E-state index contributed by atoms with van der Waals surface area (Å²) in [6.07, 6.45) is 3.60. The van der Waals surface area contributed by atoms with Gasteiger partial charge >= 0.3 is 5.97 Å². The molecular formula is C45H50Cl2N2O5. The van der Waals surface area contributed by atoms with E-state index >= 15 is 0 Å². The molecule has 7 rings (SSSR count). The van der Waals surface area contributed by atoms with Crippen LogP contribution in [0.5, 0.6) is 11.5 Å². The Labute approximate surface area is 329 Å². The van der Waals surface area contributed by atoms with E-state index in [1.54, 1.807) is 24.1 Å². The van der Waals surface area contributed by atoms with Gasteiger partial charge < -0.3 is 19.1 Å². The first kappa shape index (κ1) is 38.2. The normalized spacial score (nSPS) is 23.3. The predicted octanol–water partition coefficient (Wildman–Crippen LogP) is 10.6. The summed E-state index contributed by atoms with van der Waals surface area (Å²) in [5, 5.41) is 0.976. The van der Waals surface area contributed by atoms with Crippen LogP contribution in [0.1, 0.15) is 93.3 Å². The van der Waals surface area contributed by atoms with Gasteiger partial charge in [-0.1, -0.05) is 106 Å². The number of carbonyl (C=O) groups is 2. The quantitative estimate of drug-likeness (QED) is 0.150. The van der Waals surface area contributed by atoms with Crippen LogP contribution in [0.2, 0.25) is 10.0 Å². The van der Waals surface area contributed by atoms with E-state index < -0.39 is 12.1 Å². The van der Waals surface area contributed by atoms with Gasteiger partial charge in [0.15, 0.2) is 0 Å². The molecule has 3 aliphatic rings. The third-order valence-electron chi connectivity index (χ3n) is 11.7. The number of anilines is 1. The number of ether oxygens (including phenoxy) is 3. The molecule has 284 valence electrons. The van der Waals surface area contributed by atoms with Crippen LogP contribution in [0.4, 0.5) is 5.69 Å². The van der Waals surface area contributed by atoms with E-state index in [2.05, 4.69) is 62.9 Å². The van der Waals surface area contributed by atoms with E-state index in [1.807, 2.05) is 42.5 Å². The number of likely N-dealkylation sites (N-methyl/N-ethyl adjacent to an activating group) is 1. The Bertz CT molecular complexity index is 1970. The summed E-state index contributed by atoms with van der Waals surface area (Å²) in [7, 11) is 1.79. The second-order valence-corrected chi connectivity index (χ2v) is 16.4. The minimum atomic E-state index is -0.813. The molecule has 9 heteroatoms. The summed E-state index contributed by atoms with van der Waals surface area (Å²) in [6.45, 7) is 9.81. The zero-order chi connectivity index (χ0) is 38.1. The number of nitrogens with zero attached hydrogens (tertiary/aromatic N) is 2. The number of hydrogen-bond donors (Lipinski definition) is 0. The van der Waals surface area contributed by atoms with E-state index in [1.165, 1.54) is 12.0 Å². The van der Waals surface area contributed by atoms with Gasteiger partial charge in [0.05, 0.1) is 15.7 Å². The third kappa shape index (κ3) is 8.00. The lowest BCUT2D eigenvalue weighted by molar-refractivity contribution is -0.164. The van der Waals surface area contributed by atoms with Crippen LogP contribution in [0.15, 0.2) is 84.9 Å². The Morgan fingerprint density at radius 2 is 1.70 bits per heavy atom. The highest BCUT2D eigenvalue weighted by atomic mass is 35.5. The average molecular weight is 770 g/mol. The van der Waals surface area contributed by atoms with Crippen molar-refractivity contribution in [3.8, 4) is 11.5 Å². The molecule has 4 aromatic rings. The van der Waals surface area contributed by atoms with Crippen LogP contribution < -0.4 is 14.4 Å². The van der Waals surface area contributed by atoms with E-state index in [-0.39, 0.29) is 24.0 Å².